The molecule has 0 saturated heterocycles. The van der Waals surface area contributed by atoms with E-state index in [1.54, 1.807) is 48.5 Å². The maximum Gasteiger partial charge on any atom is 0.262 e. The van der Waals surface area contributed by atoms with E-state index in [0.29, 0.717) is 30.2 Å². The van der Waals surface area contributed by atoms with Crippen molar-refractivity contribution < 1.29 is 19.1 Å². The molecule has 0 aliphatic carbocycles. The van der Waals surface area contributed by atoms with E-state index in [9.17, 15) is 9.59 Å². The number of amides is 2. The molecular weight excluding hydrogens is 380 g/mol. The molecule has 6 heteroatoms. The van der Waals surface area contributed by atoms with E-state index in [2.05, 4.69) is 10.6 Å². The maximum absolute atomic E-state index is 12.2. The Balaban J connectivity index is 1.44. The van der Waals surface area contributed by atoms with E-state index in [1.807, 2.05) is 37.3 Å². The normalized spacial score (nSPS) is 10.2. The van der Waals surface area contributed by atoms with Crippen molar-refractivity contribution in [1.82, 2.24) is 5.32 Å². The van der Waals surface area contributed by atoms with Crippen LogP contribution in [0, 0.1) is 0 Å². The second kappa shape index (κ2) is 10.7. The zero-order chi connectivity index (χ0) is 21.2. The van der Waals surface area contributed by atoms with Crippen molar-refractivity contribution in [2.24, 2.45) is 0 Å². The second-order valence-electron chi connectivity index (χ2n) is 6.49. The van der Waals surface area contributed by atoms with Crippen LogP contribution < -0.4 is 20.1 Å². The fourth-order valence-electron chi connectivity index (χ4n) is 2.73. The molecule has 0 saturated carbocycles. The van der Waals surface area contributed by atoms with E-state index in [-0.39, 0.29) is 18.4 Å². The highest BCUT2D eigenvalue weighted by molar-refractivity contribution is 5.94. The van der Waals surface area contributed by atoms with Gasteiger partial charge in [0.25, 0.3) is 11.8 Å². The van der Waals surface area contributed by atoms with Gasteiger partial charge in [0.05, 0.1) is 6.61 Å². The Labute approximate surface area is 175 Å². The van der Waals surface area contributed by atoms with Crippen molar-refractivity contribution in [2.75, 3.05) is 18.5 Å². The number of anilines is 1. The quantitative estimate of drug-likeness (QED) is 0.565. The van der Waals surface area contributed by atoms with Crippen LogP contribution >= 0.6 is 0 Å². The first-order valence-electron chi connectivity index (χ1n) is 9.72. The number of nitrogens with one attached hydrogen (secondary N) is 2. The first-order valence-corrected chi connectivity index (χ1v) is 9.72. The van der Waals surface area contributed by atoms with Gasteiger partial charge < -0.3 is 20.1 Å². The van der Waals surface area contributed by atoms with Crippen molar-refractivity contribution in [3.05, 3.63) is 90.0 Å². The van der Waals surface area contributed by atoms with Gasteiger partial charge in [0, 0.05) is 17.8 Å². The lowest BCUT2D eigenvalue weighted by Crippen LogP contribution is -2.22. The summed E-state index contributed by atoms with van der Waals surface area (Å²) in [4.78, 5) is 24.3. The van der Waals surface area contributed by atoms with Crippen LogP contribution in [-0.4, -0.2) is 25.0 Å². The van der Waals surface area contributed by atoms with Crippen LogP contribution in [0.1, 0.15) is 22.8 Å². The summed E-state index contributed by atoms with van der Waals surface area (Å²) in [5.74, 6) is 0.818. The first-order chi connectivity index (χ1) is 14.6. The van der Waals surface area contributed by atoms with Gasteiger partial charge in [-0.3, -0.25) is 9.59 Å². The third-order valence-corrected chi connectivity index (χ3v) is 4.23. The Morgan fingerprint density at radius 2 is 1.43 bits per heavy atom. The average molecular weight is 404 g/mol. The van der Waals surface area contributed by atoms with Crippen molar-refractivity contribution in [1.29, 1.82) is 0 Å². The topological polar surface area (TPSA) is 76.7 Å². The fourth-order valence-corrected chi connectivity index (χ4v) is 2.73. The van der Waals surface area contributed by atoms with E-state index >= 15 is 0 Å². The minimum Gasteiger partial charge on any atom is -0.494 e. The first kappa shape index (κ1) is 20.9. The lowest BCUT2D eigenvalue weighted by Gasteiger charge is -2.09. The van der Waals surface area contributed by atoms with E-state index in [0.717, 1.165) is 11.3 Å². The highest BCUT2D eigenvalue weighted by Gasteiger charge is 2.07. The summed E-state index contributed by atoms with van der Waals surface area (Å²) < 4.78 is 10.9. The molecule has 3 rings (SSSR count). The van der Waals surface area contributed by atoms with Gasteiger partial charge in [0.2, 0.25) is 0 Å². The minimum atomic E-state index is -0.274. The van der Waals surface area contributed by atoms with Crippen LogP contribution in [0.25, 0.3) is 0 Å². The summed E-state index contributed by atoms with van der Waals surface area (Å²) >= 11 is 0. The number of ether oxygens (including phenoxy) is 2. The molecule has 0 spiro atoms. The number of carbonyl (C=O) groups excluding carboxylic acids is 2. The largest absolute Gasteiger partial charge is 0.494 e. The number of hydrogen-bond acceptors (Lipinski definition) is 4. The van der Waals surface area contributed by atoms with Gasteiger partial charge >= 0.3 is 0 Å². The predicted molar refractivity (Wildman–Crippen MR) is 116 cm³/mol. The van der Waals surface area contributed by atoms with Gasteiger partial charge in [-0.15, -0.1) is 0 Å². The SMILES string of the molecule is CCOc1ccc(NC(=O)COc2ccc(C(=O)NCc3ccccc3)cc2)cc1. The zero-order valence-corrected chi connectivity index (χ0v) is 16.8. The van der Waals surface area contributed by atoms with Gasteiger partial charge in [-0.05, 0) is 61.0 Å². The van der Waals surface area contributed by atoms with E-state index in [1.165, 1.54) is 0 Å². The van der Waals surface area contributed by atoms with Crippen molar-refractivity contribution in [3.63, 3.8) is 0 Å². The number of hydrogen-bond donors (Lipinski definition) is 2. The van der Waals surface area contributed by atoms with Crippen LogP contribution in [0.3, 0.4) is 0 Å². The summed E-state index contributed by atoms with van der Waals surface area (Å²) in [6.07, 6.45) is 0. The molecule has 3 aromatic rings. The van der Waals surface area contributed by atoms with E-state index in [4.69, 9.17) is 9.47 Å². The zero-order valence-electron chi connectivity index (χ0n) is 16.8. The molecule has 2 N–H and O–H groups in total. The van der Waals surface area contributed by atoms with Gasteiger partial charge in [0.1, 0.15) is 11.5 Å². The lowest BCUT2D eigenvalue weighted by atomic mass is 10.2. The molecule has 0 aromatic heterocycles. The second-order valence-corrected chi connectivity index (χ2v) is 6.49. The monoisotopic (exact) mass is 404 g/mol. The smallest absolute Gasteiger partial charge is 0.262 e. The minimum absolute atomic E-state index is 0.132. The van der Waals surface area contributed by atoms with Gasteiger partial charge in [-0.2, -0.15) is 0 Å². The van der Waals surface area contributed by atoms with Crippen molar-refractivity contribution in [2.45, 2.75) is 13.5 Å². The number of benzene rings is 3. The number of carbonyl (C=O) groups is 2. The molecule has 0 aliphatic rings. The number of rotatable bonds is 9. The van der Waals surface area contributed by atoms with Crippen LogP contribution in [0.2, 0.25) is 0 Å². The molecule has 30 heavy (non-hydrogen) atoms. The predicted octanol–water partition coefficient (Wildman–Crippen LogP) is 4.03. The summed E-state index contributed by atoms with van der Waals surface area (Å²) in [5.41, 5.74) is 2.22. The Hall–Kier alpha value is -3.80. The molecule has 0 heterocycles. The summed E-state index contributed by atoms with van der Waals surface area (Å²) in [7, 11) is 0. The van der Waals surface area contributed by atoms with Crippen molar-refractivity contribution >= 4 is 17.5 Å². The third-order valence-electron chi connectivity index (χ3n) is 4.23. The highest BCUT2D eigenvalue weighted by atomic mass is 16.5. The average Bonchev–Trinajstić information content (AvgIpc) is 2.78. The Morgan fingerprint density at radius 3 is 2.10 bits per heavy atom. The molecule has 0 bridgehead atoms. The van der Waals surface area contributed by atoms with E-state index < -0.39 is 0 Å². The molecule has 2 amide bonds. The fraction of sp³-hybridized carbons (Fsp3) is 0.167. The Bertz CT molecular complexity index is 955. The Morgan fingerprint density at radius 1 is 0.800 bits per heavy atom. The molecule has 0 radical (unpaired) electrons. The standard InChI is InChI=1S/C24H24N2O4/c1-2-29-21-14-10-20(11-15-21)26-23(27)17-30-22-12-8-19(9-13-22)24(28)25-16-18-6-4-3-5-7-18/h3-15H,2,16-17H2,1H3,(H,25,28)(H,26,27). The maximum atomic E-state index is 12.2. The summed E-state index contributed by atoms with van der Waals surface area (Å²) in [5, 5.41) is 5.63. The highest BCUT2D eigenvalue weighted by Crippen LogP contribution is 2.16. The van der Waals surface area contributed by atoms with Crippen molar-refractivity contribution in [3.8, 4) is 11.5 Å². The molecule has 0 atom stereocenters. The van der Waals surface area contributed by atoms with Gasteiger partial charge in [0.15, 0.2) is 6.61 Å². The molecule has 0 aliphatic heterocycles. The molecule has 0 fully saturated rings. The van der Waals surface area contributed by atoms with Gasteiger partial charge in [-0.25, -0.2) is 0 Å². The molecule has 154 valence electrons. The van der Waals surface area contributed by atoms with Crippen LogP contribution in [0.15, 0.2) is 78.9 Å². The van der Waals surface area contributed by atoms with Crippen LogP contribution in [-0.2, 0) is 11.3 Å². The lowest BCUT2D eigenvalue weighted by molar-refractivity contribution is -0.118. The third kappa shape index (κ3) is 6.38. The summed E-state index contributed by atoms with van der Waals surface area (Å²) in [6, 6.07) is 23.5. The molecule has 6 nitrogen and oxygen atoms in total. The summed E-state index contributed by atoms with van der Waals surface area (Å²) in [6.45, 7) is 2.83. The van der Waals surface area contributed by atoms with Gasteiger partial charge in [-0.1, -0.05) is 30.3 Å². The molecular formula is C24H24N2O4. The van der Waals surface area contributed by atoms with Crippen LogP contribution in [0.5, 0.6) is 11.5 Å². The molecule has 3 aromatic carbocycles. The van der Waals surface area contributed by atoms with Crippen LogP contribution in [0.4, 0.5) is 5.69 Å². The molecule has 0 unspecified atom stereocenters. The Kier molecular flexibility index (Phi) is 7.44.